The number of rotatable bonds is 5. The van der Waals surface area contributed by atoms with E-state index in [-0.39, 0.29) is 18.0 Å². The van der Waals surface area contributed by atoms with Crippen molar-refractivity contribution in [2.24, 2.45) is 5.92 Å². The number of amides is 3. The van der Waals surface area contributed by atoms with Gasteiger partial charge in [0.1, 0.15) is 5.60 Å². The summed E-state index contributed by atoms with van der Waals surface area (Å²) in [5, 5.41) is 2.91. The van der Waals surface area contributed by atoms with Gasteiger partial charge in [-0.2, -0.15) is 0 Å². The van der Waals surface area contributed by atoms with Gasteiger partial charge in [-0.1, -0.05) is 0 Å². The molecule has 1 aliphatic heterocycles. The van der Waals surface area contributed by atoms with Gasteiger partial charge in [-0.3, -0.25) is 0 Å². The molecular formula is C21H33N3O5. The summed E-state index contributed by atoms with van der Waals surface area (Å²) in [6.07, 6.45) is 1.52. The fourth-order valence-electron chi connectivity index (χ4n) is 3.32. The maximum atomic E-state index is 12.7. The second-order valence-corrected chi connectivity index (χ2v) is 8.32. The third-order valence-corrected chi connectivity index (χ3v) is 4.68. The molecule has 0 saturated carbocycles. The van der Waals surface area contributed by atoms with Gasteiger partial charge >= 0.3 is 12.1 Å². The standard InChI is InChI=1S/C21H33N3O5/c1-21(2,3)29-20(26)23(4)13-15-8-7-11-24(14-15)19(25)22-16-9-10-17(27-5)18(12-16)28-6/h9-10,12,15H,7-8,11,13-14H2,1-6H3,(H,22,25). The summed E-state index contributed by atoms with van der Waals surface area (Å²) in [5.41, 5.74) is 0.115. The highest BCUT2D eigenvalue weighted by atomic mass is 16.6. The fraction of sp³-hybridized carbons (Fsp3) is 0.619. The maximum Gasteiger partial charge on any atom is 0.410 e. The number of carbonyl (C=O) groups is 2. The van der Waals surface area contributed by atoms with Gasteiger partial charge in [0.15, 0.2) is 11.5 Å². The number of methoxy groups -OCH3 is 2. The number of piperidine rings is 1. The summed E-state index contributed by atoms with van der Waals surface area (Å²) in [6.45, 7) is 7.37. The molecule has 3 amide bonds. The van der Waals surface area contributed by atoms with Gasteiger partial charge in [-0.25, -0.2) is 9.59 Å². The Morgan fingerprint density at radius 3 is 2.52 bits per heavy atom. The third-order valence-electron chi connectivity index (χ3n) is 4.68. The number of carbonyl (C=O) groups excluding carboxylic acids is 2. The minimum Gasteiger partial charge on any atom is -0.493 e. The first kappa shape index (κ1) is 22.6. The van der Waals surface area contributed by atoms with Crippen LogP contribution in [0.25, 0.3) is 0 Å². The third kappa shape index (κ3) is 6.73. The molecule has 2 rings (SSSR count). The Kier molecular flexibility index (Phi) is 7.59. The predicted molar refractivity (Wildman–Crippen MR) is 112 cm³/mol. The molecule has 1 fully saturated rings. The summed E-state index contributed by atoms with van der Waals surface area (Å²) in [4.78, 5) is 28.3. The lowest BCUT2D eigenvalue weighted by molar-refractivity contribution is 0.0253. The molecule has 1 aliphatic rings. The Balaban J connectivity index is 1.93. The lowest BCUT2D eigenvalue weighted by Crippen LogP contribution is -2.46. The van der Waals surface area contributed by atoms with Crippen LogP contribution >= 0.6 is 0 Å². The zero-order valence-electron chi connectivity index (χ0n) is 18.3. The van der Waals surface area contributed by atoms with Crippen molar-refractivity contribution in [2.45, 2.75) is 39.2 Å². The van der Waals surface area contributed by atoms with Crippen LogP contribution in [-0.4, -0.2) is 68.4 Å². The molecule has 1 heterocycles. The van der Waals surface area contributed by atoms with Gasteiger partial charge in [0.2, 0.25) is 0 Å². The molecule has 1 aromatic rings. The summed E-state index contributed by atoms with van der Waals surface area (Å²) in [5.74, 6) is 1.37. The van der Waals surface area contributed by atoms with E-state index in [9.17, 15) is 9.59 Å². The zero-order chi connectivity index (χ0) is 21.6. The van der Waals surface area contributed by atoms with Crippen LogP contribution in [0, 0.1) is 5.92 Å². The first-order valence-electron chi connectivity index (χ1n) is 9.85. The van der Waals surface area contributed by atoms with Crippen LogP contribution in [0.4, 0.5) is 15.3 Å². The van der Waals surface area contributed by atoms with Gasteiger partial charge in [0.25, 0.3) is 0 Å². The van der Waals surface area contributed by atoms with Crippen LogP contribution in [0.3, 0.4) is 0 Å². The molecule has 1 unspecified atom stereocenters. The van der Waals surface area contributed by atoms with Crippen molar-refractivity contribution in [3.8, 4) is 11.5 Å². The Morgan fingerprint density at radius 1 is 1.21 bits per heavy atom. The van der Waals surface area contributed by atoms with Crippen LogP contribution in [0.15, 0.2) is 18.2 Å². The highest BCUT2D eigenvalue weighted by Gasteiger charge is 2.27. The van der Waals surface area contributed by atoms with E-state index in [1.807, 2.05) is 20.8 Å². The molecule has 1 atom stereocenters. The topological polar surface area (TPSA) is 80.3 Å². The minimum atomic E-state index is -0.525. The molecule has 8 nitrogen and oxygen atoms in total. The normalized spacial score (nSPS) is 16.8. The van der Waals surface area contributed by atoms with Gasteiger partial charge in [-0.15, -0.1) is 0 Å². The quantitative estimate of drug-likeness (QED) is 0.803. The smallest absolute Gasteiger partial charge is 0.410 e. The van der Waals surface area contributed by atoms with Crippen LogP contribution in [-0.2, 0) is 4.74 Å². The highest BCUT2D eigenvalue weighted by molar-refractivity contribution is 5.89. The monoisotopic (exact) mass is 407 g/mol. The number of nitrogens with one attached hydrogen (secondary N) is 1. The van der Waals surface area contributed by atoms with Crippen LogP contribution in [0.5, 0.6) is 11.5 Å². The number of ether oxygens (including phenoxy) is 3. The number of nitrogens with zero attached hydrogens (tertiary/aromatic N) is 2. The summed E-state index contributed by atoms with van der Waals surface area (Å²) in [6, 6.07) is 5.09. The van der Waals surface area contributed by atoms with Crippen LogP contribution in [0.1, 0.15) is 33.6 Å². The van der Waals surface area contributed by atoms with Gasteiger partial charge in [0.05, 0.1) is 14.2 Å². The molecule has 1 aromatic carbocycles. The van der Waals surface area contributed by atoms with E-state index in [0.29, 0.717) is 36.8 Å². The van der Waals surface area contributed by atoms with Crippen molar-refractivity contribution >= 4 is 17.8 Å². The molecule has 1 saturated heterocycles. The molecular weight excluding hydrogens is 374 g/mol. The summed E-state index contributed by atoms with van der Waals surface area (Å²) in [7, 11) is 4.86. The molecule has 1 N–H and O–H groups in total. The van der Waals surface area contributed by atoms with Crippen LogP contribution in [0.2, 0.25) is 0 Å². The Hall–Kier alpha value is -2.64. The number of anilines is 1. The number of hydrogen-bond acceptors (Lipinski definition) is 5. The van der Waals surface area contributed by atoms with E-state index in [2.05, 4.69) is 5.32 Å². The molecule has 0 aliphatic carbocycles. The first-order chi connectivity index (χ1) is 13.6. The van der Waals surface area contributed by atoms with E-state index in [1.54, 1.807) is 49.3 Å². The number of benzene rings is 1. The van der Waals surface area contributed by atoms with Gasteiger partial charge in [-0.05, 0) is 51.7 Å². The summed E-state index contributed by atoms with van der Waals surface area (Å²) >= 11 is 0. The van der Waals surface area contributed by atoms with Crippen molar-refractivity contribution in [2.75, 3.05) is 46.2 Å². The average Bonchev–Trinajstić information content (AvgIpc) is 2.66. The van der Waals surface area contributed by atoms with Crippen molar-refractivity contribution < 1.29 is 23.8 Å². The molecule has 0 aromatic heterocycles. The lowest BCUT2D eigenvalue weighted by Gasteiger charge is -2.35. The van der Waals surface area contributed by atoms with Crippen LogP contribution < -0.4 is 14.8 Å². The zero-order valence-corrected chi connectivity index (χ0v) is 18.3. The molecule has 29 heavy (non-hydrogen) atoms. The van der Waals surface area contributed by atoms with Gasteiger partial charge in [0, 0.05) is 38.4 Å². The number of hydrogen-bond donors (Lipinski definition) is 1. The molecule has 0 spiro atoms. The highest BCUT2D eigenvalue weighted by Crippen LogP contribution is 2.30. The Labute approximate surface area is 173 Å². The Bertz CT molecular complexity index is 717. The van der Waals surface area contributed by atoms with Gasteiger partial charge < -0.3 is 29.3 Å². The van der Waals surface area contributed by atoms with E-state index in [0.717, 1.165) is 12.8 Å². The van der Waals surface area contributed by atoms with E-state index >= 15 is 0 Å². The predicted octanol–water partition coefficient (Wildman–Crippen LogP) is 3.81. The molecule has 0 radical (unpaired) electrons. The summed E-state index contributed by atoms with van der Waals surface area (Å²) < 4.78 is 15.9. The van der Waals surface area contributed by atoms with Crippen molar-refractivity contribution in [1.29, 1.82) is 0 Å². The fourth-order valence-corrected chi connectivity index (χ4v) is 3.32. The first-order valence-corrected chi connectivity index (χ1v) is 9.85. The lowest BCUT2D eigenvalue weighted by atomic mass is 9.98. The second-order valence-electron chi connectivity index (χ2n) is 8.32. The SMILES string of the molecule is COc1ccc(NC(=O)N2CCCC(CN(C)C(=O)OC(C)(C)C)C2)cc1OC. The maximum absolute atomic E-state index is 12.7. The van der Waals surface area contributed by atoms with Crippen molar-refractivity contribution in [1.82, 2.24) is 9.80 Å². The molecule has 0 bridgehead atoms. The minimum absolute atomic E-state index is 0.165. The van der Waals surface area contributed by atoms with E-state index < -0.39 is 5.60 Å². The average molecular weight is 408 g/mol. The van der Waals surface area contributed by atoms with E-state index in [1.165, 1.54) is 0 Å². The second kappa shape index (κ2) is 9.71. The molecule has 162 valence electrons. The van der Waals surface area contributed by atoms with Crippen molar-refractivity contribution in [3.63, 3.8) is 0 Å². The molecule has 8 heteroatoms. The number of urea groups is 1. The van der Waals surface area contributed by atoms with E-state index in [4.69, 9.17) is 14.2 Å². The number of likely N-dealkylation sites (tertiary alicyclic amines) is 1. The Morgan fingerprint density at radius 2 is 1.90 bits per heavy atom. The largest absolute Gasteiger partial charge is 0.493 e. The van der Waals surface area contributed by atoms with Crippen molar-refractivity contribution in [3.05, 3.63) is 18.2 Å².